The summed E-state index contributed by atoms with van der Waals surface area (Å²) >= 11 is 0. The van der Waals surface area contributed by atoms with Crippen molar-refractivity contribution in [2.75, 3.05) is 13.6 Å². The van der Waals surface area contributed by atoms with E-state index in [1.807, 2.05) is 27.7 Å². The molecule has 0 spiro atoms. The number of nitrogens with two attached hydrogens (primary N) is 1. The third-order valence-electron chi connectivity index (χ3n) is 2.13. The Morgan fingerprint density at radius 2 is 1.88 bits per heavy atom. The summed E-state index contributed by atoms with van der Waals surface area (Å²) < 4.78 is 0. The summed E-state index contributed by atoms with van der Waals surface area (Å²) in [5.41, 5.74) is 5.30. The number of likely N-dealkylation sites (N-methyl/N-ethyl adjacent to an activating group) is 1. The van der Waals surface area contributed by atoms with Crippen molar-refractivity contribution >= 4 is 11.8 Å². The van der Waals surface area contributed by atoms with Gasteiger partial charge in [-0.05, 0) is 34.1 Å². The Morgan fingerprint density at radius 1 is 1.35 bits per heavy atom. The number of hydrogen-bond donors (Lipinski definition) is 2. The van der Waals surface area contributed by atoms with E-state index in [-0.39, 0.29) is 29.9 Å². The molecule has 0 bridgehead atoms. The van der Waals surface area contributed by atoms with Gasteiger partial charge in [-0.25, -0.2) is 0 Å². The molecule has 0 rings (SSSR count). The standard InChI is InChI=1S/C12H25N3O2/c1-9(13)6-7-11(17)15(5)8-10(16)14-12(2,3)4/h9H,6-8,13H2,1-5H3,(H,14,16). The topological polar surface area (TPSA) is 75.4 Å². The van der Waals surface area contributed by atoms with E-state index >= 15 is 0 Å². The van der Waals surface area contributed by atoms with Crippen LogP contribution in [-0.2, 0) is 9.59 Å². The Bertz CT molecular complexity index is 269. The molecule has 0 saturated heterocycles. The number of carbonyl (C=O) groups excluding carboxylic acids is 2. The van der Waals surface area contributed by atoms with E-state index in [1.54, 1.807) is 7.05 Å². The zero-order valence-electron chi connectivity index (χ0n) is 11.5. The van der Waals surface area contributed by atoms with Crippen LogP contribution in [0, 0.1) is 0 Å². The summed E-state index contributed by atoms with van der Waals surface area (Å²) in [6.45, 7) is 7.67. The Morgan fingerprint density at radius 3 is 2.29 bits per heavy atom. The molecule has 0 aromatic heterocycles. The van der Waals surface area contributed by atoms with Crippen LogP contribution in [-0.4, -0.2) is 41.9 Å². The van der Waals surface area contributed by atoms with Crippen molar-refractivity contribution in [1.29, 1.82) is 0 Å². The maximum atomic E-state index is 11.6. The predicted octanol–water partition coefficient (Wildman–Crippen LogP) is 0.487. The summed E-state index contributed by atoms with van der Waals surface area (Å²) in [6, 6.07) is 0.00996. The van der Waals surface area contributed by atoms with Gasteiger partial charge in [0.25, 0.3) is 0 Å². The van der Waals surface area contributed by atoms with E-state index in [0.29, 0.717) is 12.8 Å². The van der Waals surface area contributed by atoms with E-state index in [0.717, 1.165) is 0 Å². The summed E-state index contributed by atoms with van der Waals surface area (Å²) in [5, 5.41) is 2.81. The summed E-state index contributed by atoms with van der Waals surface area (Å²) in [4.78, 5) is 24.7. The first kappa shape index (κ1) is 15.9. The molecule has 0 aromatic carbocycles. The van der Waals surface area contributed by atoms with Crippen molar-refractivity contribution in [2.24, 2.45) is 5.73 Å². The molecule has 2 amide bonds. The van der Waals surface area contributed by atoms with Crippen LogP contribution < -0.4 is 11.1 Å². The van der Waals surface area contributed by atoms with Crippen LogP contribution in [0.3, 0.4) is 0 Å². The highest BCUT2D eigenvalue weighted by Crippen LogP contribution is 2.01. The molecule has 0 heterocycles. The first-order valence-corrected chi connectivity index (χ1v) is 5.92. The summed E-state index contributed by atoms with van der Waals surface area (Å²) in [7, 11) is 1.63. The minimum atomic E-state index is -0.271. The van der Waals surface area contributed by atoms with Gasteiger partial charge in [-0.15, -0.1) is 0 Å². The number of rotatable bonds is 5. The molecular formula is C12H25N3O2. The van der Waals surface area contributed by atoms with Gasteiger partial charge in [-0.1, -0.05) is 0 Å². The zero-order chi connectivity index (χ0) is 13.6. The van der Waals surface area contributed by atoms with Crippen molar-refractivity contribution < 1.29 is 9.59 Å². The minimum Gasteiger partial charge on any atom is -0.350 e. The molecule has 1 unspecified atom stereocenters. The number of nitrogens with one attached hydrogen (secondary N) is 1. The molecule has 100 valence electrons. The van der Waals surface area contributed by atoms with Crippen LogP contribution >= 0.6 is 0 Å². The molecule has 1 atom stereocenters. The first-order chi connectivity index (χ1) is 7.61. The van der Waals surface area contributed by atoms with Crippen molar-refractivity contribution in [3.63, 3.8) is 0 Å². The molecule has 0 fully saturated rings. The second-order valence-corrected chi connectivity index (χ2v) is 5.56. The highest BCUT2D eigenvalue weighted by molar-refractivity contribution is 5.84. The molecule has 5 nitrogen and oxygen atoms in total. The second kappa shape index (κ2) is 6.59. The van der Waals surface area contributed by atoms with E-state index in [2.05, 4.69) is 5.32 Å². The van der Waals surface area contributed by atoms with Crippen LogP contribution in [0.25, 0.3) is 0 Å². The van der Waals surface area contributed by atoms with E-state index in [4.69, 9.17) is 5.73 Å². The largest absolute Gasteiger partial charge is 0.350 e. The zero-order valence-corrected chi connectivity index (χ0v) is 11.5. The molecule has 0 aliphatic carbocycles. The smallest absolute Gasteiger partial charge is 0.240 e. The molecule has 0 aliphatic rings. The molecule has 0 saturated carbocycles. The molecule has 0 aliphatic heterocycles. The van der Waals surface area contributed by atoms with Gasteiger partial charge < -0.3 is 16.0 Å². The summed E-state index contributed by atoms with van der Waals surface area (Å²) in [6.07, 6.45) is 1.03. The average Bonchev–Trinajstić information content (AvgIpc) is 2.10. The number of hydrogen-bond acceptors (Lipinski definition) is 3. The van der Waals surface area contributed by atoms with E-state index < -0.39 is 0 Å². The number of nitrogens with zero attached hydrogens (tertiary/aromatic N) is 1. The fourth-order valence-electron chi connectivity index (χ4n) is 1.30. The molecule has 0 aromatic rings. The molecular weight excluding hydrogens is 218 g/mol. The van der Waals surface area contributed by atoms with Gasteiger partial charge in [0.05, 0.1) is 6.54 Å². The van der Waals surface area contributed by atoms with Gasteiger partial charge in [-0.3, -0.25) is 9.59 Å². The molecule has 17 heavy (non-hydrogen) atoms. The SMILES string of the molecule is CC(N)CCC(=O)N(C)CC(=O)NC(C)(C)C. The summed E-state index contributed by atoms with van der Waals surface area (Å²) in [5.74, 6) is -0.194. The quantitative estimate of drug-likeness (QED) is 0.737. The van der Waals surface area contributed by atoms with Gasteiger partial charge in [-0.2, -0.15) is 0 Å². The van der Waals surface area contributed by atoms with Crippen LogP contribution in [0.4, 0.5) is 0 Å². The Labute approximate surface area is 104 Å². The van der Waals surface area contributed by atoms with Gasteiger partial charge in [0, 0.05) is 25.0 Å². The number of carbonyl (C=O) groups is 2. The Balaban J connectivity index is 4.03. The van der Waals surface area contributed by atoms with Crippen molar-refractivity contribution in [3.8, 4) is 0 Å². The Hall–Kier alpha value is -1.10. The molecule has 5 heteroatoms. The lowest BCUT2D eigenvalue weighted by Crippen LogP contribution is -2.46. The van der Waals surface area contributed by atoms with Gasteiger partial charge in [0.2, 0.25) is 11.8 Å². The fraction of sp³-hybridized carbons (Fsp3) is 0.833. The van der Waals surface area contributed by atoms with Crippen molar-refractivity contribution in [3.05, 3.63) is 0 Å². The maximum Gasteiger partial charge on any atom is 0.240 e. The highest BCUT2D eigenvalue weighted by atomic mass is 16.2. The van der Waals surface area contributed by atoms with Crippen LogP contribution in [0.15, 0.2) is 0 Å². The van der Waals surface area contributed by atoms with Gasteiger partial charge in [0.1, 0.15) is 0 Å². The lowest BCUT2D eigenvalue weighted by Gasteiger charge is -2.23. The van der Waals surface area contributed by atoms with Gasteiger partial charge >= 0.3 is 0 Å². The molecule has 3 N–H and O–H groups in total. The monoisotopic (exact) mass is 243 g/mol. The fourth-order valence-corrected chi connectivity index (χ4v) is 1.30. The lowest BCUT2D eigenvalue weighted by molar-refractivity contribution is -0.135. The second-order valence-electron chi connectivity index (χ2n) is 5.56. The maximum absolute atomic E-state index is 11.6. The highest BCUT2D eigenvalue weighted by Gasteiger charge is 2.17. The van der Waals surface area contributed by atoms with E-state index in [9.17, 15) is 9.59 Å². The molecule has 0 radical (unpaired) electrons. The van der Waals surface area contributed by atoms with Crippen LogP contribution in [0.5, 0.6) is 0 Å². The third kappa shape index (κ3) is 8.68. The number of amides is 2. The van der Waals surface area contributed by atoms with Crippen LogP contribution in [0.1, 0.15) is 40.5 Å². The van der Waals surface area contributed by atoms with Crippen LogP contribution in [0.2, 0.25) is 0 Å². The Kier molecular flexibility index (Phi) is 6.16. The van der Waals surface area contributed by atoms with E-state index in [1.165, 1.54) is 4.90 Å². The minimum absolute atomic E-state index is 0.00996. The van der Waals surface area contributed by atoms with Gasteiger partial charge in [0.15, 0.2) is 0 Å². The normalized spacial score (nSPS) is 13.1. The first-order valence-electron chi connectivity index (χ1n) is 5.92. The lowest BCUT2D eigenvalue weighted by atomic mass is 10.1. The third-order valence-corrected chi connectivity index (χ3v) is 2.13. The van der Waals surface area contributed by atoms with Crippen molar-refractivity contribution in [1.82, 2.24) is 10.2 Å². The predicted molar refractivity (Wildman–Crippen MR) is 68.4 cm³/mol. The van der Waals surface area contributed by atoms with Crippen molar-refractivity contribution in [2.45, 2.75) is 52.1 Å². The average molecular weight is 243 g/mol.